The molecule has 0 heterocycles. The van der Waals surface area contributed by atoms with Crippen molar-refractivity contribution in [1.29, 1.82) is 0 Å². The lowest BCUT2D eigenvalue weighted by Gasteiger charge is -2.10. The van der Waals surface area contributed by atoms with Gasteiger partial charge in [0.15, 0.2) is 5.78 Å². The Balaban J connectivity index is 2.37. The molecule has 0 fully saturated rings. The Morgan fingerprint density at radius 3 is 2.56 bits per heavy atom. The van der Waals surface area contributed by atoms with Gasteiger partial charge in [-0.3, -0.25) is 4.79 Å². The van der Waals surface area contributed by atoms with E-state index in [1.807, 2.05) is 12.1 Å². The van der Waals surface area contributed by atoms with Crippen LogP contribution in [-0.4, -0.2) is 5.78 Å². The molecule has 0 aliphatic rings. The summed E-state index contributed by atoms with van der Waals surface area (Å²) < 4.78 is 6.56. The van der Waals surface area contributed by atoms with Crippen molar-refractivity contribution in [3.05, 3.63) is 57.5 Å². The monoisotopic (exact) mass is 324 g/mol. The Morgan fingerprint density at radius 2 is 1.89 bits per heavy atom. The number of para-hydroxylation sites is 1. The first-order chi connectivity index (χ1) is 8.58. The topological polar surface area (TPSA) is 26.3 Å². The van der Waals surface area contributed by atoms with Crippen LogP contribution in [0.1, 0.15) is 17.3 Å². The van der Waals surface area contributed by atoms with Gasteiger partial charge in [-0.05, 0) is 37.3 Å². The molecule has 0 unspecified atom stereocenters. The number of hydrogen-bond acceptors (Lipinski definition) is 2. The first kappa shape index (κ1) is 13.1. The summed E-state index contributed by atoms with van der Waals surface area (Å²) in [5, 5.41) is 0.489. The Labute approximate surface area is 119 Å². The molecule has 2 nitrogen and oxygen atoms in total. The highest BCUT2D eigenvalue weighted by molar-refractivity contribution is 9.10. The Morgan fingerprint density at radius 1 is 1.17 bits per heavy atom. The number of ketones is 1. The van der Waals surface area contributed by atoms with Crippen LogP contribution >= 0.6 is 27.5 Å². The third-order valence-corrected chi connectivity index (χ3v) is 3.17. The van der Waals surface area contributed by atoms with E-state index < -0.39 is 0 Å². The molecule has 0 N–H and O–H groups in total. The minimum Gasteiger partial charge on any atom is -0.455 e. The molecule has 0 saturated heterocycles. The molecule has 0 radical (unpaired) electrons. The van der Waals surface area contributed by atoms with Crippen molar-refractivity contribution in [3.63, 3.8) is 0 Å². The normalized spacial score (nSPS) is 10.2. The van der Waals surface area contributed by atoms with Crippen LogP contribution in [0.3, 0.4) is 0 Å². The van der Waals surface area contributed by atoms with Gasteiger partial charge < -0.3 is 4.74 Å². The van der Waals surface area contributed by atoms with Crippen LogP contribution in [0, 0.1) is 0 Å². The second kappa shape index (κ2) is 5.55. The molecule has 2 rings (SSSR count). The quantitative estimate of drug-likeness (QED) is 0.734. The lowest BCUT2D eigenvalue weighted by molar-refractivity contribution is 0.101. The van der Waals surface area contributed by atoms with E-state index in [0.717, 1.165) is 4.47 Å². The Hall–Kier alpha value is -1.32. The zero-order chi connectivity index (χ0) is 13.1. The van der Waals surface area contributed by atoms with Gasteiger partial charge in [0.25, 0.3) is 0 Å². The van der Waals surface area contributed by atoms with Crippen LogP contribution in [-0.2, 0) is 0 Å². The van der Waals surface area contributed by atoms with Crippen LogP contribution in [0.2, 0.25) is 5.02 Å². The van der Waals surface area contributed by atoms with Gasteiger partial charge in [-0.1, -0.05) is 39.7 Å². The highest BCUT2D eigenvalue weighted by atomic mass is 79.9. The number of rotatable bonds is 3. The maximum absolute atomic E-state index is 11.5. The maximum atomic E-state index is 11.5. The summed E-state index contributed by atoms with van der Waals surface area (Å²) in [6, 6.07) is 12.4. The molecular weight excluding hydrogens is 316 g/mol. The largest absolute Gasteiger partial charge is 0.455 e. The number of benzene rings is 2. The van der Waals surface area contributed by atoms with E-state index in [4.69, 9.17) is 16.3 Å². The van der Waals surface area contributed by atoms with E-state index in [0.29, 0.717) is 22.1 Å². The maximum Gasteiger partial charge on any atom is 0.163 e. The molecule has 2 aromatic carbocycles. The van der Waals surface area contributed by atoms with Gasteiger partial charge in [-0.2, -0.15) is 0 Å². The molecule has 0 spiro atoms. The van der Waals surface area contributed by atoms with Gasteiger partial charge in [-0.15, -0.1) is 0 Å². The van der Waals surface area contributed by atoms with Crippen molar-refractivity contribution >= 4 is 33.3 Å². The summed E-state index contributed by atoms with van der Waals surface area (Å²) in [4.78, 5) is 11.5. The highest BCUT2D eigenvalue weighted by Gasteiger charge is 2.10. The molecule has 0 amide bonds. The van der Waals surface area contributed by atoms with Gasteiger partial charge in [0.05, 0.1) is 10.6 Å². The number of ether oxygens (including phenoxy) is 1. The lowest BCUT2D eigenvalue weighted by Crippen LogP contribution is -1.96. The van der Waals surface area contributed by atoms with Gasteiger partial charge in [0.1, 0.15) is 11.5 Å². The van der Waals surface area contributed by atoms with Gasteiger partial charge >= 0.3 is 0 Å². The van der Waals surface area contributed by atoms with Crippen molar-refractivity contribution in [1.82, 2.24) is 0 Å². The molecule has 0 saturated carbocycles. The van der Waals surface area contributed by atoms with Crippen LogP contribution in [0.25, 0.3) is 0 Å². The van der Waals surface area contributed by atoms with Gasteiger partial charge in [0.2, 0.25) is 0 Å². The van der Waals surface area contributed by atoms with Crippen molar-refractivity contribution in [2.45, 2.75) is 6.92 Å². The molecule has 2 aromatic rings. The molecule has 0 aromatic heterocycles. The third-order valence-electron chi connectivity index (χ3n) is 2.38. The predicted octanol–water partition coefficient (Wildman–Crippen LogP) is 5.10. The van der Waals surface area contributed by atoms with Crippen molar-refractivity contribution in [2.75, 3.05) is 0 Å². The molecular formula is C14H10BrClO2. The zero-order valence-corrected chi connectivity index (χ0v) is 12.0. The minimum atomic E-state index is -0.0427. The highest BCUT2D eigenvalue weighted by Crippen LogP contribution is 2.33. The summed E-state index contributed by atoms with van der Waals surface area (Å²) >= 11 is 9.40. The molecule has 0 bridgehead atoms. The van der Waals surface area contributed by atoms with Gasteiger partial charge in [-0.25, -0.2) is 0 Å². The summed E-state index contributed by atoms with van der Waals surface area (Å²) in [6.07, 6.45) is 0. The zero-order valence-electron chi connectivity index (χ0n) is 9.61. The molecule has 0 atom stereocenters. The molecule has 0 aliphatic heterocycles. The number of halogens is 2. The van der Waals surface area contributed by atoms with Crippen LogP contribution < -0.4 is 4.74 Å². The summed E-state index contributed by atoms with van der Waals surface area (Å²) in [5.41, 5.74) is 0.538. The second-order valence-corrected chi connectivity index (χ2v) is 5.05. The minimum absolute atomic E-state index is 0.0427. The number of carbonyl (C=O) groups is 1. The smallest absolute Gasteiger partial charge is 0.163 e. The van der Waals surface area contributed by atoms with Crippen molar-refractivity contribution in [2.24, 2.45) is 0 Å². The molecule has 18 heavy (non-hydrogen) atoms. The Kier molecular flexibility index (Phi) is 4.04. The standard InChI is InChI=1S/C14H10BrClO2/c1-9(17)11-4-2-3-5-13(11)18-14-7-6-10(15)8-12(14)16/h2-8H,1H3. The lowest BCUT2D eigenvalue weighted by atomic mass is 10.1. The summed E-state index contributed by atoms with van der Waals surface area (Å²) in [5.74, 6) is 0.988. The SMILES string of the molecule is CC(=O)c1ccccc1Oc1ccc(Br)cc1Cl. The van der Waals surface area contributed by atoms with Crippen molar-refractivity contribution in [3.8, 4) is 11.5 Å². The fraction of sp³-hybridized carbons (Fsp3) is 0.0714. The second-order valence-electron chi connectivity index (χ2n) is 3.73. The Bertz CT molecular complexity index is 596. The average Bonchev–Trinajstić information content (AvgIpc) is 2.33. The third kappa shape index (κ3) is 2.92. The van der Waals surface area contributed by atoms with Crippen LogP contribution in [0.5, 0.6) is 11.5 Å². The first-order valence-electron chi connectivity index (χ1n) is 5.31. The van der Waals surface area contributed by atoms with E-state index in [9.17, 15) is 4.79 Å². The molecule has 4 heteroatoms. The predicted molar refractivity (Wildman–Crippen MR) is 75.7 cm³/mol. The van der Waals surface area contributed by atoms with E-state index in [1.165, 1.54) is 6.92 Å². The van der Waals surface area contributed by atoms with Crippen LogP contribution in [0.4, 0.5) is 0 Å². The van der Waals surface area contributed by atoms with E-state index in [1.54, 1.807) is 30.3 Å². The van der Waals surface area contributed by atoms with E-state index in [2.05, 4.69) is 15.9 Å². The number of carbonyl (C=O) groups excluding carboxylic acids is 1. The molecule has 92 valence electrons. The summed E-state index contributed by atoms with van der Waals surface area (Å²) in [7, 11) is 0. The summed E-state index contributed by atoms with van der Waals surface area (Å²) in [6.45, 7) is 1.51. The van der Waals surface area contributed by atoms with E-state index >= 15 is 0 Å². The fourth-order valence-electron chi connectivity index (χ4n) is 1.52. The van der Waals surface area contributed by atoms with E-state index in [-0.39, 0.29) is 5.78 Å². The first-order valence-corrected chi connectivity index (χ1v) is 6.48. The van der Waals surface area contributed by atoms with Crippen molar-refractivity contribution < 1.29 is 9.53 Å². The molecule has 0 aliphatic carbocycles. The van der Waals surface area contributed by atoms with Crippen LogP contribution in [0.15, 0.2) is 46.9 Å². The number of hydrogen-bond donors (Lipinski definition) is 0. The van der Waals surface area contributed by atoms with Gasteiger partial charge in [0, 0.05) is 4.47 Å². The number of Topliss-reactive ketones (excluding diaryl/α,β-unsaturated/α-hetero) is 1. The fourth-order valence-corrected chi connectivity index (χ4v) is 2.23. The average molecular weight is 326 g/mol.